The van der Waals surface area contributed by atoms with Crippen molar-refractivity contribution in [3.8, 4) is 11.5 Å². The first-order valence-corrected chi connectivity index (χ1v) is 9.40. The first kappa shape index (κ1) is 18.9. The van der Waals surface area contributed by atoms with Crippen molar-refractivity contribution in [2.45, 2.75) is 32.1 Å². The zero-order valence-corrected chi connectivity index (χ0v) is 14.0. The number of ether oxygens (including phenoxy) is 2. The Hall–Kier alpha value is -1.48. The highest BCUT2D eigenvalue weighted by Gasteiger charge is 2.29. The van der Waals surface area contributed by atoms with E-state index in [0.717, 1.165) is 5.56 Å². The summed E-state index contributed by atoms with van der Waals surface area (Å²) in [5.74, 6) is 0.554. The molecule has 1 atom stereocenters. The molecule has 5 nitrogen and oxygen atoms in total. The Balaban J connectivity index is 1.99. The fourth-order valence-electron chi connectivity index (χ4n) is 2.43. The highest BCUT2D eigenvalue weighted by molar-refractivity contribution is 7.91. The van der Waals surface area contributed by atoms with Gasteiger partial charge in [-0.2, -0.15) is 13.2 Å². The maximum Gasteiger partial charge on any atom is 0.422 e. The molecule has 1 N–H and O–H groups in total. The molecular formula is C15H20F3NO4S. The lowest BCUT2D eigenvalue weighted by molar-refractivity contribution is -0.153. The van der Waals surface area contributed by atoms with Crippen LogP contribution in [0.2, 0.25) is 0 Å². The molecule has 136 valence electrons. The van der Waals surface area contributed by atoms with E-state index in [9.17, 15) is 21.6 Å². The van der Waals surface area contributed by atoms with Crippen molar-refractivity contribution in [2.75, 3.05) is 24.7 Å². The predicted molar refractivity (Wildman–Crippen MR) is 83.1 cm³/mol. The monoisotopic (exact) mass is 367 g/mol. The minimum Gasteiger partial charge on any atom is -0.490 e. The molecule has 1 heterocycles. The summed E-state index contributed by atoms with van der Waals surface area (Å²) in [4.78, 5) is 0. The molecular weight excluding hydrogens is 347 g/mol. The third-order valence-corrected chi connectivity index (χ3v) is 5.29. The van der Waals surface area contributed by atoms with Crippen molar-refractivity contribution in [3.05, 3.63) is 23.8 Å². The largest absolute Gasteiger partial charge is 0.490 e. The number of sulfone groups is 1. The summed E-state index contributed by atoms with van der Waals surface area (Å²) in [7, 11) is -2.96. The van der Waals surface area contributed by atoms with E-state index < -0.39 is 22.6 Å². The molecule has 24 heavy (non-hydrogen) atoms. The van der Waals surface area contributed by atoms with Crippen LogP contribution < -0.4 is 14.8 Å². The Labute approximate surface area is 139 Å². The molecule has 0 radical (unpaired) electrons. The summed E-state index contributed by atoms with van der Waals surface area (Å²) >= 11 is 0. The van der Waals surface area contributed by atoms with Gasteiger partial charge in [-0.15, -0.1) is 0 Å². The minimum atomic E-state index is -4.42. The highest BCUT2D eigenvalue weighted by Crippen LogP contribution is 2.30. The summed E-state index contributed by atoms with van der Waals surface area (Å²) in [6, 6.07) is 4.56. The van der Waals surface area contributed by atoms with Crippen LogP contribution in [-0.2, 0) is 16.4 Å². The molecule has 1 aliphatic rings. The molecule has 2 rings (SSSR count). The van der Waals surface area contributed by atoms with Gasteiger partial charge in [-0.1, -0.05) is 6.07 Å². The van der Waals surface area contributed by atoms with Gasteiger partial charge in [-0.05, 0) is 31.0 Å². The Morgan fingerprint density at radius 2 is 2.00 bits per heavy atom. The number of rotatable bonds is 7. The van der Waals surface area contributed by atoms with Gasteiger partial charge >= 0.3 is 6.18 Å². The molecule has 0 saturated carbocycles. The summed E-state index contributed by atoms with van der Waals surface area (Å²) in [5, 5.41) is 3.14. The van der Waals surface area contributed by atoms with Crippen molar-refractivity contribution in [3.63, 3.8) is 0 Å². The molecule has 0 bridgehead atoms. The summed E-state index contributed by atoms with van der Waals surface area (Å²) in [6.45, 7) is 1.03. The van der Waals surface area contributed by atoms with E-state index in [1.165, 1.54) is 6.07 Å². The van der Waals surface area contributed by atoms with Crippen molar-refractivity contribution in [2.24, 2.45) is 0 Å². The van der Waals surface area contributed by atoms with Gasteiger partial charge < -0.3 is 14.8 Å². The predicted octanol–water partition coefficient (Wildman–Crippen LogP) is 2.30. The normalized spacial score (nSPS) is 20.1. The van der Waals surface area contributed by atoms with Crippen LogP contribution in [0, 0.1) is 0 Å². The number of nitrogens with one attached hydrogen (secondary N) is 1. The Morgan fingerprint density at radius 3 is 2.58 bits per heavy atom. The van der Waals surface area contributed by atoms with E-state index in [2.05, 4.69) is 5.32 Å². The van der Waals surface area contributed by atoms with Gasteiger partial charge in [0.2, 0.25) is 0 Å². The lowest BCUT2D eigenvalue weighted by Gasteiger charge is -2.16. The van der Waals surface area contributed by atoms with Crippen LogP contribution in [0.5, 0.6) is 11.5 Å². The van der Waals surface area contributed by atoms with E-state index in [1.807, 2.05) is 0 Å². The van der Waals surface area contributed by atoms with Crippen LogP contribution in [0.1, 0.15) is 18.9 Å². The quantitative estimate of drug-likeness (QED) is 0.801. The second-order valence-electron chi connectivity index (χ2n) is 5.60. The third kappa shape index (κ3) is 5.86. The van der Waals surface area contributed by atoms with E-state index >= 15 is 0 Å². The lowest BCUT2D eigenvalue weighted by atomic mass is 10.1. The van der Waals surface area contributed by atoms with Gasteiger partial charge in [-0.25, -0.2) is 8.42 Å². The molecule has 0 aliphatic carbocycles. The van der Waals surface area contributed by atoms with Crippen LogP contribution in [0.3, 0.4) is 0 Å². The second kappa shape index (κ2) is 7.60. The topological polar surface area (TPSA) is 64.6 Å². The molecule has 1 aliphatic heterocycles. The zero-order valence-electron chi connectivity index (χ0n) is 13.2. The maximum atomic E-state index is 12.3. The zero-order chi connectivity index (χ0) is 17.8. The second-order valence-corrected chi connectivity index (χ2v) is 7.83. The van der Waals surface area contributed by atoms with Crippen molar-refractivity contribution in [1.82, 2.24) is 5.32 Å². The summed E-state index contributed by atoms with van der Waals surface area (Å²) < 4.78 is 69.7. The van der Waals surface area contributed by atoms with E-state index in [1.54, 1.807) is 19.1 Å². The lowest BCUT2D eigenvalue weighted by Crippen LogP contribution is -2.29. The van der Waals surface area contributed by atoms with E-state index in [0.29, 0.717) is 19.6 Å². The number of hydrogen-bond donors (Lipinski definition) is 1. The van der Waals surface area contributed by atoms with Gasteiger partial charge in [0.25, 0.3) is 0 Å². The molecule has 1 fully saturated rings. The standard InChI is InChI=1S/C15H20F3NO4S/c1-2-22-14-7-11(3-4-13(14)23-10-15(16,17)18)8-19-12-5-6-24(20,21)9-12/h3-4,7,12,19H,2,5-6,8-10H2,1H3. The third-order valence-electron chi connectivity index (χ3n) is 3.53. The van der Waals surface area contributed by atoms with Gasteiger partial charge in [0.1, 0.15) is 0 Å². The number of alkyl halides is 3. The van der Waals surface area contributed by atoms with E-state index in [-0.39, 0.29) is 29.0 Å². The van der Waals surface area contributed by atoms with Crippen LogP contribution >= 0.6 is 0 Å². The molecule has 1 saturated heterocycles. The van der Waals surface area contributed by atoms with Gasteiger partial charge in [0, 0.05) is 12.6 Å². The Bertz CT molecular complexity index is 661. The molecule has 9 heteroatoms. The van der Waals surface area contributed by atoms with Gasteiger partial charge in [0.05, 0.1) is 18.1 Å². The SMILES string of the molecule is CCOc1cc(CNC2CCS(=O)(=O)C2)ccc1OCC(F)(F)F. The van der Waals surface area contributed by atoms with Gasteiger partial charge in [0.15, 0.2) is 27.9 Å². The van der Waals surface area contributed by atoms with Crippen molar-refractivity contribution >= 4 is 9.84 Å². The fourth-order valence-corrected chi connectivity index (χ4v) is 4.14. The summed E-state index contributed by atoms with van der Waals surface area (Å²) in [5.41, 5.74) is 0.780. The average molecular weight is 367 g/mol. The highest BCUT2D eigenvalue weighted by atomic mass is 32.2. The average Bonchev–Trinajstić information content (AvgIpc) is 2.83. The molecule has 0 amide bonds. The minimum absolute atomic E-state index is 0.0290. The van der Waals surface area contributed by atoms with Crippen LogP contribution in [0.15, 0.2) is 18.2 Å². The Kier molecular flexibility index (Phi) is 5.97. The number of hydrogen-bond acceptors (Lipinski definition) is 5. The molecule has 1 aromatic rings. The number of halogens is 3. The van der Waals surface area contributed by atoms with Crippen molar-refractivity contribution in [1.29, 1.82) is 0 Å². The first-order valence-electron chi connectivity index (χ1n) is 7.57. The molecule has 1 unspecified atom stereocenters. The molecule has 1 aromatic carbocycles. The first-order chi connectivity index (χ1) is 11.2. The Morgan fingerprint density at radius 1 is 1.25 bits per heavy atom. The van der Waals surface area contributed by atoms with Crippen LogP contribution in [0.25, 0.3) is 0 Å². The molecule has 0 aromatic heterocycles. The molecule has 0 spiro atoms. The van der Waals surface area contributed by atoms with Crippen molar-refractivity contribution < 1.29 is 31.1 Å². The van der Waals surface area contributed by atoms with Crippen LogP contribution in [0.4, 0.5) is 13.2 Å². The fraction of sp³-hybridized carbons (Fsp3) is 0.600. The van der Waals surface area contributed by atoms with Crippen LogP contribution in [-0.4, -0.2) is 45.4 Å². The van der Waals surface area contributed by atoms with Gasteiger partial charge in [-0.3, -0.25) is 0 Å². The number of benzene rings is 1. The smallest absolute Gasteiger partial charge is 0.422 e. The summed E-state index contributed by atoms with van der Waals surface area (Å²) in [6.07, 6.45) is -3.86. The van der Waals surface area contributed by atoms with E-state index in [4.69, 9.17) is 9.47 Å². The maximum absolute atomic E-state index is 12.3.